The second-order valence-corrected chi connectivity index (χ2v) is 4.27. The fourth-order valence-electron chi connectivity index (χ4n) is 2.06. The van der Waals surface area contributed by atoms with Crippen molar-refractivity contribution in [3.05, 3.63) is 58.5 Å². The van der Waals surface area contributed by atoms with Crippen LogP contribution in [0.3, 0.4) is 0 Å². The Hall–Kier alpha value is -1.54. The topological polar surface area (TPSA) is 39.2 Å². The standard InChI is InChI=1S/C14H17NO/c1-9-4-5-12(10(2)8-9)14(15)13-6-7-16-11(13)3/h4-8,14H,15H2,1-3H3. The van der Waals surface area contributed by atoms with Gasteiger partial charge in [-0.05, 0) is 38.0 Å². The van der Waals surface area contributed by atoms with Gasteiger partial charge in [-0.3, -0.25) is 0 Å². The molecule has 0 aliphatic rings. The van der Waals surface area contributed by atoms with Crippen molar-refractivity contribution in [2.24, 2.45) is 5.73 Å². The number of hydrogen-bond acceptors (Lipinski definition) is 2. The summed E-state index contributed by atoms with van der Waals surface area (Å²) in [5.74, 6) is 0.896. The van der Waals surface area contributed by atoms with Gasteiger partial charge in [-0.1, -0.05) is 23.8 Å². The van der Waals surface area contributed by atoms with Crippen molar-refractivity contribution in [2.75, 3.05) is 0 Å². The molecule has 0 radical (unpaired) electrons. The average molecular weight is 215 g/mol. The average Bonchev–Trinajstić information content (AvgIpc) is 2.63. The highest BCUT2D eigenvalue weighted by Gasteiger charge is 2.15. The number of hydrogen-bond donors (Lipinski definition) is 1. The SMILES string of the molecule is Cc1ccc(C(N)c2ccoc2C)c(C)c1. The van der Waals surface area contributed by atoms with E-state index in [9.17, 15) is 0 Å². The molecule has 84 valence electrons. The first kappa shape index (κ1) is 11.0. The van der Waals surface area contributed by atoms with E-state index in [0.29, 0.717) is 0 Å². The molecule has 1 aromatic carbocycles. The molecule has 0 bridgehead atoms. The monoisotopic (exact) mass is 215 g/mol. The van der Waals surface area contributed by atoms with Crippen LogP contribution in [0.4, 0.5) is 0 Å². The van der Waals surface area contributed by atoms with Crippen molar-refractivity contribution in [1.82, 2.24) is 0 Å². The van der Waals surface area contributed by atoms with Crippen LogP contribution in [0.1, 0.15) is 34.1 Å². The second kappa shape index (κ2) is 4.14. The van der Waals surface area contributed by atoms with Crippen LogP contribution in [0.15, 0.2) is 34.9 Å². The van der Waals surface area contributed by atoms with E-state index in [4.69, 9.17) is 10.2 Å². The summed E-state index contributed by atoms with van der Waals surface area (Å²) >= 11 is 0. The lowest BCUT2D eigenvalue weighted by atomic mass is 9.95. The quantitative estimate of drug-likeness (QED) is 0.835. The van der Waals surface area contributed by atoms with Gasteiger partial charge in [0.25, 0.3) is 0 Å². The van der Waals surface area contributed by atoms with Gasteiger partial charge in [-0.2, -0.15) is 0 Å². The smallest absolute Gasteiger partial charge is 0.105 e. The molecule has 2 N–H and O–H groups in total. The van der Waals surface area contributed by atoms with Crippen molar-refractivity contribution in [2.45, 2.75) is 26.8 Å². The fourth-order valence-corrected chi connectivity index (χ4v) is 2.06. The largest absolute Gasteiger partial charge is 0.469 e. The van der Waals surface area contributed by atoms with Crippen LogP contribution in [0.5, 0.6) is 0 Å². The van der Waals surface area contributed by atoms with Crippen LogP contribution in [-0.2, 0) is 0 Å². The fraction of sp³-hybridized carbons (Fsp3) is 0.286. The summed E-state index contributed by atoms with van der Waals surface area (Å²) in [5.41, 5.74) is 11.0. The Kier molecular flexibility index (Phi) is 2.84. The minimum atomic E-state index is -0.0978. The van der Waals surface area contributed by atoms with E-state index in [2.05, 4.69) is 32.0 Å². The normalized spacial score (nSPS) is 12.8. The zero-order valence-corrected chi connectivity index (χ0v) is 9.95. The zero-order valence-electron chi connectivity index (χ0n) is 9.95. The third kappa shape index (κ3) is 1.89. The Balaban J connectivity index is 2.41. The van der Waals surface area contributed by atoms with Crippen molar-refractivity contribution in [3.8, 4) is 0 Å². The first-order valence-electron chi connectivity index (χ1n) is 5.46. The zero-order chi connectivity index (χ0) is 11.7. The molecule has 1 atom stereocenters. The third-order valence-electron chi connectivity index (χ3n) is 2.99. The molecule has 2 aromatic rings. The van der Waals surface area contributed by atoms with E-state index < -0.39 is 0 Å². The van der Waals surface area contributed by atoms with Crippen molar-refractivity contribution >= 4 is 0 Å². The van der Waals surface area contributed by atoms with E-state index in [0.717, 1.165) is 16.9 Å². The summed E-state index contributed by atoms with van der Waals surface area (Å²) in [7, 11) is 0. The lowest BCUT2D eigenvalue weighted by Gasteiger charge is -2.14. The molecule has 1 aromatic heterocycles. The molecule has 0 saturated heterocycles. The minimum Gasteiger partial charge on any atom is -0.469 e. The Morgan fingerprint density at radius 2 is 1.81 bits per heavy atom. The second-order valence-electron chi connectivity index (χ2n) is 4.27. The molecule has 1 heterocycles. The first-order chi connectivity index (χ1) is 7.59. The van der Waals surface area contributed by atoms with Gasteiger partial charge in [0.2, 0.25) is 0 Å². The molecular formula is C14H17NO. The molecule has 0 amide bonds. The molecule has 0 aliphatic carbocycles. The molecule has 0 spiro atoms. The Labute approximate surface area is 96.1 Å². The van der Waals surface area contributed by atoms with Crippen LogP contribution >= 0.6 is 0 Å². The van der Waals surface area contributed by atoms with Crippen LogP contribution in [0.2, 0.25) is 0 Å². The highest BCUT2D eigenvalue weighted by molar-refractivity contribution is 5.39. The van der Waals surface area contributed by atoms with Gasteiger partial charge in [0.05, 0.1) is 12.3 Å². The summed E-state index contributed by atoms with van der Waals surface area (Å²) in [4.78, 5) is 0. The summed E-state index contributed by atoms with van der Waals surface area (Å²) in [6, 6.07) is 8.20. The van der Waals surface area contributed by atoms with Crippen LogP contribution in [0, 0.1) is 20.8 Å². The molecule has 1 unspecified atom stereocenters. The van der Waals surface area contributed by atoms with E-state index >= 15 is 0 Å². The van der Waals surface area contributed by atoms with Gasteiger partial charge in [-0.25, -0.2) is 0 Å². The molecule has 2 heteroatoms. The summed E-state index contributed by atoms with van der Waals surface area (Å²) in [5, 5.41) is 0. The molecule has 2 rings (SSSR count). The number of nitrogens with two attached hydrogens (primary N) is 1. The lowest BCUT2D eigenvalue weighted by molar-refractivity contribution is 0.527. The Bertz CT molecular complexity index is 499. The first-order valence-corrected chi connectivity index (χ1v) is 5.46. The summed E-state index contributed by atoms with van der Waals surface area (Å²) in [6.45, 7) is 6.13. The lowest BCUT2D eigenvalue weighted by Crippen LogP contribution is -2.13. The van der Waals surface area contributed by atoms with Gasteiger partial charge >= 0.3 is 0 Å². The molecule has 2 nitrogen and oxygen atoms in total. The van der Waals surface area contributed by atoms with E-state index in [1.54, 1.807) is 6.26 Å². The molecule has 16 heavy (non-hydrogen) atoms. The molecule has 0 saturated carbocycles. The van der Waals surface area contributed by atoms with Crippen molar-refractivity contribution < 1.29 is 4.42 Å². The van der Waals surface area contributed by atoms with Crippen LogP contribution in [-0.4, -0.2) is 0 Å². The van der Waals surface area contributed by atoms with Gasteiger partial charge in [0, 0.05) is 5.56 Å². The van der Waals surface area contributed by atoms with Crippen molar-refractivity contribution in [3.63, 3.8) is 0 Å². The highest BCUT2D eigenvalue weighted by Crippen LogP contribution is 2.26. The van der Waals surface area contributed by atoms with Gasteiger partial charge in [0.15, 0.2) is 0 Å². The van der Waals surface area contributed by atoms with E-state index in [-0.39, 0.29) is 6.04 Å². The maximum absolute atomic E-state index is 6.25. The molecule has 0 aliphatic heterocycles. The summed E-state index contributed by atoms with van der Waals surface area (Å²) < 4.78 is 5.29. The van der Waals surface area contributed by atoms with E-state index in [1.807, 2.05) is 13.0 Å². The minimum absolute atomic E-state index is 0.0978. The Morgan fingerprint density at radius 1 is 1.06 bits per heavy atom. The number of rotatable bonds is 2. The third-order valence-corrected chi connectivity index (χ3v) is 2.99. The van der Waals surface area contributed by atoms with Gasteiger partial charge in [0.1, 0.15) is 5.76 Å². The van der Waals surface area contributed by atoms with Crippen molar-refractivity contribution in [1.29, 1.82) is 0 Å². The molecular weight excluding hydrogens is 198 g/mol. The van der Waals surface area contributed by atoms with Crippen LogP contribution < -0.4 is 5.73 Å². The van der Waals surface area contributed by atoms with E-state index in [1.165, 1.54) is 11.1 Å². The van der Waals surface area contributed by atoms with Gasteiger partial charge in [-0.15, -0.1) is 0 Å². The maximum atomic E-state index is 6.25. The maximum Gasteiger partial charge on any atom is 0.105 e. The summed E-state index contributed by atoms with van der Waals surface area (Å²) in [6.07, 6.45) is 1.69. The highest BCUT2D eigenvalue weighted by atomic mass is 16.3. The number of furan rings is 1. The number of benzene rings is 1. The number of aryl methyl sites for hydroxylation is 3. The van der Waals surface area contributed by atoms with Gasteiger partial charge < -0.3 is 10.2 Å². The van der Waals surface area contributed by atoms with Crippen LogP contribution in [0.25, 0.3) is 0 Å². The molecule has 0 fully saturated rings. The Morgan fingerprint density at radius 3 is 2.38 bits per heavy atom. The predicted molar refractivity (Wildman–Crippen MR) is 65.4 cm³/mol. The predicted octanol–water partition coefficient (Wildman–Crippen LogP) is 3.25.